The summed E-state index contributed by atoms with van der Waals surface area (Å²) in [7, 11) is 0. The minimum Gasteiger partial charge on any atom is -0.352 e. The summed E-state index contributed by atoms with van der Waals surface area (Å²) in [6.07, 6.45) is 1.19. The molecule has 19 heavy (non-hydrogen) atoms. The lowest BCUT2D eigenvalue weighted by Crippen LogP contribution is -2.31. The predicted molar refractivity (Wildman–Crippen MR) is 81.4 cm³/mol. The Morgan fingerprint density at radius 2 is 2.32 bits per heavy atom. The molecule has 1 aliphatic heterocycles. The molecule has 1 atom stereocenters. The van der Waals surface area contributed by atoms with Gasteiger partial charge in [0.05, 0.1) is 0 Å². The molecule has 2 rings (SSSR count). The highest BCUT2D eigenvalue weighted by Gasteiger charge is 2.21. The van der Waals surface area contributed by atoms with Crippen molar-refractivity contribution in [3.63, 3.8) is 0 Å². The van der Waals surface area contributed by atoms with Crippen molar-refractivity contribution in [1.82, 2.24) is 10.2 Å². The van der Waals surface area contributed by atoms with Gasteiger partial charge in [-0.3, -0.25) is 4.79 Å². The van der Waals surface area contributed by atoms with E-state index in [2.05, 4.69) is 33.1 Å². The third-order valence-electron chi connectivity index (χ3n) is 3.81. The molecule has 1 aromatic carbocycles. The number of nitrogens with one attached hydrogen (secondary N) is 1. The van der Waals surface area contributed by atoms with Gasteiger partial charge in [-0.1, -0.05) is 28.9 Å². The van der Waals surface area contributed by atoms with Crippen molar-refractivity contribution in [3.8, 4) is 0 Å². The van der Waals surface area contributed by atoms with E-state index in [1.807, 2.05) is 25.1 Å². The number of benzene rings is 1. The van der Waals surface area contributed by atoms with E-state index >= 15 is 0 Å². The maximum Gasteiger partial charge on any atom is 0.251 e. The van der Waals surface area contributed by atoms with Gasteiger partial charge in [0, 0.05) is 23.1 Å². The van der Waals surface area contributed by atoms with Crippen LogP contribution in [0.2, 0.25) is 0 Å². The van der Waals surface area contributed by atoms with Crippen LogP contribution in [-0.4, -0.2) is 37.0 Å². The zero-order valence-electron chi connectivity index (χ0n) is 11.6. The molecule has 0 aromatic heterocycles. The summed E-state index contributed by atoms with van der Waals surface area (Å²) >= 11 is 3.41. The van der Waals surface area contributed by atoms with Crippen LogP contribution in [0.1, 0.15) is 29.3 Å². The zero-order valence-corrected chi connectivity index (χ0v) is 13.2. The molecule has 0 bridgehead atoms. The molecule has 1 N–H and O–H groups in total. The van der Waals surface area contributed by atoms with Gasteiger partial charge in [-0.25, -0.2) is 0 Å². The summed E-state index contributed by atoms with van der Waals surface area (Å²) in [5.74, 6) is 0.630. The van der Waals surface area contributed by atoms with Crippen molar-refractivity contribution in [2.75, 3.05) is 26.2 Å². The highest BCUT2D eigenvalue weighted by molar-refractivity contribution is 9.10. The summed E-state index contributed by atoms with van der Waals surface area (Å²) < 4.78 is 0.946. The molecule has 1 aromatic rings. The van der Waals surface area contributed by atoms with Gasteiger partial charge in [0.1, 0.15) is 0 Å². The number of likely N-dealkylation sites (tertiary alicyclic amines) is 1. The predicted octanol–water partition coefficient (Wildman–Crippen LogP) is 2.83. The molecule has 1 aliphatic rings. The molecule has 0 spiro atoms. The monoisotopic (exact) mass is 324 g/mol. The van der Waals surface area contributed by atoms with Gasteiger partial charge in [0.15, 0.2) is 0 Å². The smallest absolute Gasteiger partial charge is 0.251 e. The molecule has 104 valence electrons. The second kappa shape index (κ2) is 6.53. The maximum atomic E-state index is 12.2. The Kier molecular flexibility index (Phi) is 4.99. The minimum atomic E-state index is 0.0359. The zero-order chi connectivity index (χ0) is 13.8. The van der Waals surface area contributed by atoms with E-state index in [4.69, 9.17) is 0 Å². The number of rotatable bonds is 4. The Hall–Kier alpha value is -0.870. The number of nitrogens with zero attached hydrogens (tertiary/aromatic N) is 1. The van der Waals surface area contributed by atoms with Gasteiger partial charge >= 0.3 is 0 Å². The van der Waals surface area contributed by atoms with Crippen molar-refractivity contribution < 1.29 is 4.79 Å². The van der Waals surface area contributed by atoms with Crippen molar-refractivity contribution in [2.24, 2.45) is 5.92 Å². The van der Waals surface area contributed by atoms with E-state index in [1.54, 1.807) is 0 Å². The Bertz CT molecular complexity index is 461. The van der Waals surface area contributed by atoms with Crippen LogP contribution in [0.5, 0.6) is 0 Å². The van der Waals surface area contributed by atoms with E-state index in [1.165, 1.54) is 6.42 Å². The van der Waals surface area contributed by atoms with Crippen LogP contribution in [0.25, 0.3) is 0 Å². The van der Waals surface area contributed by atoms with Crippen LogP contribution >= 0.6 is 15.9 Å². The first-order chi connectivity index (χ1) is 9.10. The lowest BCUT2D eigenvalue weighted by Gasteiger charge is -2.14. The number of hydrogen-bond acceptors (Lipinski definition) is 2. The average Bonchev–Trinajstić information content (AvgIpc) is 2.87. The molecule has 1 unspecified atom stereocenters. The molecular weight excluding hydrogens is 304 g/mol. The number of carbonyl (C=O) groups is 1. The van der Waals surface area contributed by atoms with Crippen LogP contribution in [0.3, 0.4) is 0 Å². The first-order valence-corrected chi connectivity index (χ1v) is 7.66. The van der Waals surface area contributed by atoms with Crippen molar-refractivity contribution in [1.29, 1.82) is 0 Å². The molecule has 3 nitrogen and oxygen atoms in total. The molecular formula is C15H21BrN2O. The summed E-state index contributed by atoms with van der Waals surface area (Å²) in [6.45, 7) is 8.30. The van der Waals surface area contributed by atoms with E-state index in [-0.39, 0.29) is 5.91 Å². The fourth-order valence-corrected chi connectivity index (χ4v) is 2.90. The van der Waals surface area contributed by atoms with Crippen LogP contribution in [0, 0.1) is 12.8 Å². The number of aryl methyl sites for hydroxylation is 1. The topological polar surface area (TPSA) is 32.3 Å². The second-order valence-corrected chi connectivity index (χ2v) is 6.13. The fourth-order valence-electron chi connectivity index (χ4n) is 2.54. The number of amides is 1. The maximum absolute atomic E-state index is 12.2. The summed E-state index contributed by atoms with van der Waals surface area (Å²) in [5.41, 5.74) is 1.78. The molecule has 1 heterocycles. The molecule has 4 heteroatoms. The highest BCUT2D eigenvalue weighted by Crippen LogP contribution is 2.17. The van der Waals surface area contributed by atoms with E-state index < -0.39 is 0 Å². The van der Waals surface area contributed by atoms with Gasteiger partial charge in [-0.2, -0.15) is 0 Å². The van der Waals surface area contributed by atoms with Crippen LogP contribution < -0.4 is 5.32 Å². The van der Waals surface area contributed by atoms with Crippen molar-refractivity contribution in [3.05, 3.63) is 33.8 Å². The first kappa shape index (κ1) is 14.5. The molecule has 0 radical (unpaired) electrons. The third-order valence-corrected chi connectivity index (χ3v) is 4.31. The summed E-state index contributed by atoms with van der Waals surface area (Å²) in [6, 6.07) is 5.81. The van der Waals surface area contributed by atoms with E-state index in [0.717, 1.165) is 41.8 Å². The van der Waals surface area contributed by atoms with Crippen molar-refractivity contribution in [2.45, 2.75) is 20.3 Å². The molecule has 1 saturated heterocycles. The lowest BCUT2D eigenvalue weighted by atomic mass is 10.1. The Labute approximate surface area is 123 Å². The Morgan fingerprint density at radius 1 is 1.53 bits per heavy atom. The molecule has 1 amide bonds. The molecule has 1 fully saturated rings. The van der Waals surface area contributed by atoms with Gasteiger partial charge < -0.3 is 10.2 Å². The van der Waals surface area contributed by atoms with E-state index in [9.17, 15) is 4.79 Å². The highest BCUT2D eigenvalue weighted by atomic mass is 79.9. The minimum absolute atomic E-state index is 0.0359. The number of carbonyl (C=O) groups excluding carboxylic acids is 1. The average molecular weight is 325 g/mol. The van der Waals surface area contributed by atoms with E-state index in [0.29, 0.717) is 5.92 Å². The standard InChI is InChI=1S/C15H21BrN2O/c1-3-18-7-6-12(10-18)9-17-15(19)14-8-13(16)5-4-11(14)2/h4-5,8,12H,3,6-7,9-10H2,1-2H3,(H,17,19). The fraction of sp³-hybridized carbons (Fsp3) is 0.533. The summed E-state index contributed by atoms with van der Waals surface area (Å²) in [4.78, 5) is 14.6. The van der Waals surface area contributed by atoms with Gasteiger partial charge in [0.25, 0.3) is 5.91 Å². The molecule has 0 saturated carbocycles. The first-order valence-electron chi connectivity index (χ1n) is 6.87. The van der Waals surface area contributed by atoms with Crippen LogP contribution in [0.15, 0.2) is 22.7 Å². The van der Waals surface area contributed by atoms with Crippen molar-refractivity contribution >= 4 is 21.8 Å². The van der Waals surface area contributed by atoms with Crippen LogP contribution in [-0.2, 0) is 0 Å². The molecule has 0 aliphatic carbocycles. The Morgan fingerprint density at radius 3 is 3.00 bits per heavy atom. The number of halogens is 1. The quantitative estimate of drug-likeness (QED) is 0.923. The SMILES string of the molecule is CCN1CCC(CNC(=O)c2cc(Br)ccc2C)C1. The van der Waals surface area contributed by atoms with Gasteiger partial charge in [-0.05, 0) is 50.0 Å². The lowest BCUT2D eigenvalue weighted by molar-refractivity contribution is 0.0947. The third kappa shape index (κ3) is 3.80. The van der Waals surface area contributed by atoms with Gasteiger partial charge in [-0.15, -0.1) is 0 Å². The Balaban J connectivity index is 1.89. The summed E-state index contributed by atoms with van der Waals surface area (Å²) in [5, 5.41) is 3.07. The van der Waals surface area contributed by atoms with Crippen LogP contribution in [0.4, 0.5) is 0 Å². The largest absolute Gasteiger partial charge is 0.352 e. The van der Waals surface area contributed by atoms with Gasteiger partial charge in [0.2, 0.25) is 0 Å². The number of hydrogen-bond donors (Lipinski definition) is 1. The normalized spacial score (nSPS) is 19.6. The second-order valence-electron chi connectivity index (χ2n) is 5.22.